The number of rotatable bonds is 18. The Hall–Kier alpha value is -8.02. The summed E-state index contributed by atoms with van der Waals surface area (Å²) in [5.74, 6) is 0. The number of halogens is 4. The lowest BCUT2D eigenvalue weighted by atomic mass is 10.1. The molecule has 5 aromatic carbocycles. The van der Waals surface area contributed by atoms with Gasteiger partial charge in [-0.05, 0) is 61.4 Å². The maximum Gasteiger partial charge on any atom is 0.416 e. The minimum Gasteiger partial charge on any atom is -0.395 e. The molecular formula is C42H50ClF3N10O15. The van der Waals surface area contributed by atoms with Crippen molar-refractivity contribution in [3.05, 3.63) is 169 Å². The van der Waals surface area contributed by atoms with Gasteiger partial charge in [0.1, 0.15) is 28.4 Å². The summed E-state index contributed by atoms with van der Waals surface area (Å²) in [5.41, 5.74) is 6.40. The normalized spacial score (nSPS) is 10.6. The second-order valence-corrected chi connectivity index (χ2v) is 14.3. The van der Waals surface area contributed by atoms with Crippen molar-refractivity contribution in [2.45, 2.75) is 26.1 Å². The molecule has 1 unspecified atom stereocenters. The number of aliphatic hydroxyl groups excluding tert-OH is 5. The van der Waals surface area contributed by atoms with Crippen molar-refractivity contribution < 1.29 is 63.3 Å². The predicted molar refractivity (Wildman–Crippen MR) is 258 cm³/mol. The lowest BCUT2D eigenvalue weighted by molar-refractivity contribution is -0.384. The number of nitrogens with two attached hydrogens (primary N) is 1. The van der Waals surface area contributed by atoms with Crippen LogP contribution in [0.25, 0.3) is 0 Å². The van der Waals surface area contributed by atoms with Crippen LogP contribution in [0.4, 0.5) is 70.0 Å². The summed E-state index contributed by atoms with van der Waals surface area (Å²) < 4.78 is 37.2. The van der Waals surface area contributed by atoms with Crippen LogP contribution in [0.5, 0.6) is 0 Å². The number of hydrogen-bond donors (Lipinski definition) is 10. The topological polar surface area (TPSA) is 391 Å². The van der Waals surface area contributed by atoms with Gasteiger partial charge in [0.05, 0.1) is 62.7 Å². The molecule has 386 valence electrons. The number of nitro benzene ring substituents is 5. The van der Waals surface area contributed by atoms with Gasteiger partial charge >= 0.3 is 6.18 Å². The van der Waals surface area contributed by atoms with Gasteiger partial charge in [0, 0.05) is 61.5 Å². The molecule has 0 heterocycles. The van der Waals surface area contributed by atoms with E-state index < -0.39 is 54.8 Å². The molecule has 0 aliphatic rings. The van der Waals surface area contributed by atoms with E-state index in [1.165, 1.54) is 30.3 Å². The number of nitrogen functional groups attached to an aromatic ring is 1. The molecule has 29 heteroatoms. The van der Waals surface area contributed by atoms with Gasteiger partial charge in [0.15, 0.2) is 0 Å². The first-order valence-corrected chi connectivity index (χ1v) is 20.7. The Bertz CT molecular complexity index is 2480. The minimum atomic E-state index is -4.67. The molecule has 11 N–H and O–H groups in total. The van der Waals surface area contributed by atoms with Crippen LogP contribution >= 0.6 is 11.6 Å². The Morgan fingerprint density at radius 1 is 0.563 bits per heavy atom. The van der Waals surface area contributed by atoms with Crippen molar-refractivity contribution in [1.82, 2.24) is 0 Å². The maximum atomic E-state index is 12.4. The van der Waals surface area contributed by atoms with Gasteiger partial charge in [-0.2, -0.15) is 13.2 Å². The van der Waals surface area contributed by atoms with Gasteiger partial charge < -0.3 is 52.5 Å². The highest BCUT2D eigenvalue weighted by Crippen LogP contribution is 2.35. The molecule has 0 radical (unpaired) electrons. The van der Waals surface area contributed by atoms with Gasteiger partial charge in [-0.1, -0.05) is 41.9 Å². The Morgan fingerprint density at radius 2 is 0.986 bits per heavy atom. The van der Waals surface area contributed by atoms with Crippen LogP contribution in [0.2, 0.25) is 5.02 Å². The molecule has 71 heavy (non-hydrogen) atoms. The van der Waals surface area contributed by atoms with Crippen molar-refractivity contribution in [2.75, 3.05) is 79.6 Å². The first-order valence-electron chi connectivity index (χ1n) is 20.3. The SMILES string of the molecule is Cc1ccc(NCCO)c([N+](=O)[O-])c1.Cc1cccc([N+](=O)[O-])c1N.O=[N+]([O-])c1cc(C(F)(F)F)ccc1NCC(O)CO.O=[N+]([O-])c1cc(Cl)ccc1NCCO.O=[N+]([O-])c1ccccc1NCCO. The molecule has 0 aliphatic heterocycles. The third-order valence-corrected chi connectivity index (χ3v) is 8.88. The zero-order valence-corrected chi connectivity index (χ0v) is 38.4. The van der Waals surface area contributed by atoms with Crippen molar-refractivity contribution in [2.24, 2.45) is 0 Å². The van der Waals surface area contributed by atoms with E-state index in [9.17, 15) is 63.7 Å². The van der Waals surface area contributed by atoms with E-state index in [0.717, 1.165) is 17.2 Å². The van der Waals surface area contributed by atoms with E-state index in [4.69, 9.17) is 42.9 Å². The summed E-state index contributed by atoms with van der Waals surface area (Å²) in [6, 6.07) is 22.3. The summed E-state index contributed by atoms with van der Waals surface area (Å²) in [4.78, 5) is 49.9. The largest absolute Gasteiger partial charge is 0.416 e. The second kappa shape index (κ2) is 31.2. The molecular weight excluding hydrogens is 977 g/mol. The first-order chi connectivity index (χ1) is 33.4. The standard InChI is InChI=1S/C10H11F3N2O4.C9H12N2O3.C8H9ClN2O3.C8H10N2O3.C7H8N2O2/c11-10(12,13)6-1-2-8(9(3-6)15(18)19)14-4-7(17)5-16;1-7-2-3-8(10-4-5-12)9(6-7)11(13)14;9-6-1-2-7(10-3-4-12)8(5-6)11(13)14;11-6-5-9-7-3-1-2-4-8(7)10(12)13;1-5-3-2-4-6(7(5)8)9(10)11/h1-3,7,14,16-17H,4-5H2;2-3,6,10,12H,4-5H2,1H3;1-2,5,10,12H,3-4H2;1-4,9,11H,5-6H2;2-4H,8H2,1H3. The van der Waals surface area contributed by atoms with Crippen molar-refractivity contribution in [3.8, 4) is 0 Å². The Morgan fingerprint density at radius 3 is 1.45 bits per heavy atom. The number of anilines is 5. The average Bonchev–Trinajstić information content (AvgIpc) is 3.32. The van der Waals surface area contributed by atoms with Gasteiger partial charge in [-0.15, -0.1) is 0 Å². The van der Waals surface area contributed by atoms with E-state index in [-0.39, 0.29) is 67.0 Å². The number of nitrogens with zero attached hydrogens (tertiary/aromatic N) is 5. The Labute approximate surface area is 406 Å². The third-order valence-electron chi connectivity index (χ3n) is 8.65. The van der Waals surface area contributed by atoms with E-state index in [1.54, 1.807) is 62.4 Å². The van der Waals surface area contributed by atoms with Crippen LogP contribution in [-0.4, -0.2) is 109 Å². The molecule has 0 spiro atoms. The fraction of sp³-hybridized carbons (Fsp3) is 0.286. The summed E-state index contributed by atoms with van der Waals surface area (Å²) >= 11 is 5.61. The van der Waals surface area contributed by atoms with Crippen LogP contribution in [0, 0.1) is 64.4 Å². The van der Waals surface area contributed by atoms with E-state index >= 15 is 0 Å². The quantitative estimate of drug-likeness (QED) is 0.0244. The van der Waals surface area contributed by atoms with E-state index in [2.05, 4.69) is 21.3 Å². The van der Waals surface area contributed by atoms with Crippen molar-refractivity contribution in [3.63, 3.8) is 0 Å². The molecule has 25 nitrogen and oxygen atoms in total. The highest BCUT2D eigenvalue weighted by atomic mass is 35.5. The zero-order valence-electron chi connectivity index (χ0n) is 37.6. The first kappa shape index (κ1) is 61.0. The van der Waals surface area contributed by atoms with Crippen LogP contribution in [-0.2, 0) is 6.18 Å². The highest BCUT2D eigenvalue weighted by molar-refractivity contribution is 6.30. The lowest BCUT2D eigenvalue weighted by Crippen LogP contribution is -2.23. The summed E-state index contributed by atoms with van der Waals surface area (Å²) in [6.07, 6.45) is -5.84. The van der Waals surface area contributed by atoms with Gasteiger partial charge in [0.2, 0.25) is 0 Å². The van der Waals surface area contributed by atoms with E-state index in [0.29, 0.717) is 47.3 Å². The van der Waals surface area contributed by atoms with Crippen LogP contribution < -0.4 is 27.0 Å². The average molecular weight is 1030 g/mol. The molecule has 0 fully saturated rings. The number of aryl methyl sites for hydroxylation is 2. The molecule has 0 aliphatic carbocycles. The van der Waals surface area contributed by atoms with E-state index in [1.807, 2.05) is 0 Å². The lowest BCUT2D eigenvalue weighted by Gasteiger charge is -2.12. The van der Waals surface area contributed by atoms with Crippen molar-refractivity contribution in [1.29, 1.82) is 0 Å². The number of benzene rings is 5. The summed E-state index contributed by atoms with van der Waals surface area (Å²) in [6.45, 7) is 3.45. The molecule has 1 atom stereocenters. The molecule has 0 aromatic heterocycles. The van der Waals surface area contributed by atoms with Crippen LogP contribution in [0.15, 0.2) is 97.1 Å². The maximum absolute atomic E-state index is 12.4. The monoisotopic (exact) mass is 1030 g/mol. The molecule has 5 aromatic rings. The fourth-order valence-electron chi connectivity index (χ4n) is 5.23. The summed E-state index contributed by atoms with van der Waals surface area (Å²) in [7, 11) is 0. The second-order valence-electron chi connectivity index (χ2n) is 13.9. The number of para-hydroxylation sites is 3. The molecule has 0 saturated carbocycles. The summed E-state index contributed by atoms with van der Waals surface area (Å²) in [5, 5.41) is 107. The molecule has 0 amide bonds. The highest BCUT2D eigenvalue weighted by Gasteiger charge is 2.33. The molecule has 0 bridgehead atoms. The number of nitrogens with one attached hydrogen (secondary N) is 4. The van der Waals surface area contributed by atoms with Gasteiger partial charge in [0.25, 0.3) is 28.4 Å². The minimum absolute atomic E-state index is 0.0231. The van der Waals surface area contributed by atoms with Crippen LogP contribution in [0.3, 0.4) is 0 Å². The van der Waals surface area contributed by atoms with Gasteiger partial charge in [-0.3, -0.25) is 50.6 Å². The number of alkyl halides is 3. The Kier molecular flexibility index (Phi) is 26.8. The number of aliphatic hydroxyl groups is 5. The number of hydrogen-bond acceptors (Lipinski definition) is 20. The zero-order chi connectivity index (χ0) is 53.8. The number of nitro groups is 5. The van der Waals surface area contributed by atoms with Gasteiger partial charge in [-0.25, -0.2) is 0 Å². The molecule has 0 saturated heterocycles. The Balaban J connectivity index is 0.000000449. The van der Waals surface area contributed by atoms with Crippen LogP contribution in [0.1, 0.15) is 16.7 Å². The third kappa shape index (κ3) is 21.9. The smallest absolute Gasteiger partial charge is 0.395 e. The molecule has 5 rings (SSSR count). The fourth-order valence-corrected chi connectivity index (χ4v) is 5.39. The predicted octanol–water partition coefficient (Wildman–Crippen LogP) is 6.82. The van der Waals surface area contributed by atoms with Crippen molar-refractivity contribution >= 4 is 68.5 Å².